The third-order valence-electron chi connectivity index (χ3n) is 2.19. The topological polar surface area (TPSA) is 40.5 Å². The number of hydrogen-bond acceptors (Lipinski definition) is 2. The lowest BCUT2D eigenvalue weighted by Gasteiger charge is -2.15. The van der Waals surface area contributed by atoms with E-state index in [0.717, 1.165) is 5.56 Å². The van der Waals surface area contributed by atoms with Gasteiger partial charge in [0.15, 0.2) is 0 Å². The number of likely N-dealkylation sites (N-methyl/N-ethyl adjacent to an activating group) is 1. The maximum atomic E-state index is 11.8. The van der Waals surface area contributed by atoms with Crippen LogP contribution in [0.1, 0.15) is 20.8 Å². The maximum absolute atomic E-state index is 11.8. The molecule has 1 N–H and O–H groups in total. The van der Waals surface area contributed by atoms with Crippen LogP contribution in [0.25, 0.3) is 0 Å². The SMILES string of the molecule is CN(CCO)C(=O)c1ccc(C(Cl)Cl)cc1. The zero-order valence-electron chi connectivity index (χ0n) is 8.86. The van der Waals surface area contributed by atoms with Crippen LogP contribution in [-0.4, -0.2) is 36.1 Å². The molecule has 0 aliphatic heterocycles. The van der Waals surface area contributed by atoms with Gasteiger partial charge in [-0.3, -0.25) is 4.79 Å². The molecule has 0 saturated carbocycles. The molecule has 1 rings (SSSR count). The second-order valence-electron chi connectivity index (χ2n) is 3.37. The second-order valence-corrected chi connectivity index (χ2v) is 4.47. The van der Waals surface area contributed by atoms with Crippen molar-refractivity contribution >= 4 is 29.1 Å². The summed E-state index contributed by atoms with van der Waals surface area (Å²) in [5.41, 5.74) is 1.30. The summed E-state index contributed by atoms with van der Waals surface area (Å²) >= 11 is 11.4. The smallest absolute Gasteiger partial charge is 0.253 e. The van der Waals surface area contributed by atoms with Crippen LogP contribution in [-0.2, 0) is 0 Å². The maximum Gasteiger partial charge on any atom is 0.253 e. The van der Waals surface area contributed by atoms with Gasteiger partial charge in [-0.25, -0.2) is 0 Å². The Kier molecular flexibility index (Phi) is 5.06. The second kappa shape index (κ2) is 6.09. The number of amides is 1. The lowest BCUT2D eigenvalue weighted by Crippen LogP contribution is -2.29. The molecule has 0 spiro atoms. The lowest BCUT2D eigenvalue weighted by atomic mass is 10.1. The number of aliphatic hydroxyl groups is 1. The van der Waals surface area contributed by atoms with Gasteiger partial charge in [-0.1, -0.05) is 12.1 Å². The van der Waals surface area contributed by atoms with Gasteiger partial charge in [-0.15, -0.1) is 23.2 Å². The molecule has 0 aliphatic carbocycles. The Bertz CT molecular complexity index is 352. The van der Waals surface area contributed by atoms with Crippen LogP contribution in [0.2, 0.25) is 0 Å². The van der Waals surface area contributed by atoms with Crippen molar-refractivity contribution in [1.29, 1.82) is 0 Å². The van der Waals surface area contributed by atoms with Gasteiger partial charge in [0.05, 0.1) is 6.61 Å². The van der Waals surface area contributed by atoms with E-state index in [0.29, 0.717) is 12.1 Å². The van der Waals surface area contributed by atoms with E-state index in [1.807, 2.05) is 0 Å². The molecule has 0 bridgehead atoms. The summed E-state index contributed by atoms with van der Waals surface area (Å²) in [4.78, 5) is 12.6. The van der Waals surface area contributed by atoms with Crippen LogP contribution in [0.4, 0.5) is 0 Å². The van der Waals surface area contributed by atoms with Crippen molar-refractivity contribution in [3.63, 3.8) is 0 Å². The molecule has 0 saturated heterocycles. The first-order valence-corrected chi connectivity index (χ1v) is 5.68. The summed E-state index contributed by atoms with van der Waals surface area (Å²) in [6, 6.07) is 6.77. The van der Waals surface area contributed by atoms with Crippen molar-refractivity contribution in [2.45, 2.75) is 4.84 Å². The largest absolute Gasteiger partial charge is 0.395 e. The van der Waals surface area contributed by atoms with Gasteiger partial charge in [0, 0.05) is 19.2 Å². The van der Waals surface area contributed by atoms with Crippen molar-refractivity contribution in [2.24, 2.45) is 0 Å². The van der Waals surface area contributed by atoms with E-state index in [4.69, 9.17) is 28.3 Å². The highest BCUT2D eigenvalue weighted by Crippen LogP contribution is 2.24. The Labute approximate surface area is 105 Å². The minimum Gasteiger partial charge on any atom is -0.395 e. The third kappa shape index (κ3) is 3.37. The minimum atomic E-state index is -0.584. The van der Waals surface area contributed by atoms with Gasteiger partial charge in [0.25, 0.3) is 5.91 Å². The fraction of sp³-hybridized carbons (Fsp3) is 0.364. The van der Waals surface area contributed by atoms with Gasteiger partial charge in [0.1, 0.15) is 4.84 Å². The summed E-state index contributed by atoms with van der Waals surface area (Å²) in [6.45, 7) is 0.264. The monoisotopic (exact) mass is 261 g/mol. The molecule has 0 radical (unpaired) electrons. The van der Waals surface area contributed by atoms with Crippen LogP contribution in [0.15, 0.2) is 24.3 Å². The minimum absolute atomic E-state index is 0.0498. The summed E-state index contributed by atoms with van der Waals surface area (Å²) in [5, 5.41) is 8.72. The lowest BCUT2D eigenvalue weighted by molar-refractivity contribution is 0.0767. The quantitative estimate of drug-likeness (QED) is 0.845. The first-order valence-electron chi connectivity index (χ1n) is 4.80. The van der Waals surface area contributed by atoms with Crippen LogP contribution in [0, 0.1) is 0 Å². The van der Waals surface area contributed by atoms with Crippen molar-refractivity contribution in [3.05, 3.63) is 35.4 Å². The van der Waals surface area contributed by atoms with Crippen molar-refractivity contribution in [3.8, 4) is 0 Å². The first kappa shape index (κ1) is 13.3. The Morgan fingerprint density at radius 3 is 2.38 bits per heavy atom. The summed E-state index contributed by atoms with van der Waals surface area (Å²) in [6.07, 6.45) is 0. The van der Waals surface area contributed by atoms with Crippen LogP contribution >= 0.6 is 23.2 Å². The molecule has 0 unspecified atom stereocenters. The number of nitrogens with zero attached hydrogens (tertiary/aromatic N) is 1. The highest BCUT2D eigenvalue weighted by Gasteiger charge is 2.11. The van der Waals surface area contributed by atoms with Crippen LogP contribution in [0.3, 0.4) is 0 Å². The van der Waals surface area contributed by atoms with E-state index in [2.05, 4.69) is 0 Å². The van der Waals surface area contributed by atoms with E-state index < -0.39 is 4.84 Å². The first-order chi connectivity index (χ1) is 7.56. The average molecular weight is 262 g/mol. The zero-order chi connectivity index (χ0) is 12.1. The predicted octanol–water partition coefficient (Wildman–Crippen LogP) is 2.23. The molecular formula is C11H13Cl2NO2. The molecule has 0 heterocycles. The molecule has 16 heavy (non-hydrogen) atoms. The van der Waals surface area contributed by atoms with Gasteiger partial charge >= 0.3 is 0 Å². The molecule has 0 aromatic heterocycles. The number of alkyl halides is 2. The highest BCUT2D eigenvalue weighted by atomic mass is 35.5. The van der Waals surface area contributed by atoms with Crippen molar-refractivity contribution in [2.75, 3.05) is 20.2 Å². The molecule has 1 aromatic rings. The van der Waals surface area contributed by atoms with Crippen LogP contribution in [0.5, 0.6) is 0 Å². The number of carbonyl (C=O) groups excluding carboxylic acids is 1. The van der Waals surface area contributed by atoms with E-state index in [1.54, 1.807) is 31.3 Å². The molecule has 1 aromatic carbocycles. The highest BCUT2D eigenvalue weighted by molar-refractivity contribution is 6.44. The molecular weight excluding hydrogens is 249 g/mol. The molecule has 5 heteroatoms. The Hall–Kier alpha value is -0.770. The van der Waals surface area contributed by atoms with Crippen molar-refractivity contribution < 1.29 is 9.90 Å². The summed E-state index contributed by atoms with van der Waals surface area (Å²) in [7, 11) is 1.64. The number of hydrogen-bond donors (Lipinski definition) is 1. The fourth-order valence-electron chi connectivity index (χ4n) is 1.24. The fourth-order valence-corrected chi connectivity index (χ4v) is 1.53. The molecule has 88 valence electrons. The van der Waals surface area contributed by atoms with Gasteiger partial charge in [-0.2, -0.15) is 0 Å². The van der Waals surface area contributed by atoms with E-state index in [-0.39, 0.29) is 12.5 Å². The Morgan fingerprint density at radius 1 is 1.38 bits per heavy atom. The Morgan fingerprint density at radius 2 is 1.94 bits per heavy atom. The average Bonchev–Trinajstić information content (AvgIpc) is 2.28. The van der Waals surface area contributed by atoms with E-state index in [9.17, 15) is 4.79 Å². The summed E-state index contributed by atoms with van der Waals surface area (Å²) in [5.74, 6) is -0.138. The van der Waals surface area contributed by atoms with Gasteiger partial charge in [-0.05, 0) is 17.7 Å². The number of rotatable bonds is 4. The number of halogens is 2. The molecule has 3 nitrogen and oxygen atoms in total. The standard InChI is InChI=1S/C11H13Cl2NO2/c1-14(6-7-15)11(16)9-4-2-8(3-5-9)10(12)13/h2-5,10,15H,6-7H2,1H3. The Balaban J connectivity index is 2.77. The normalized spacial score (nSPS) is 10.6. The zero-order valence-corrected chi connectivity index (χ0v) is 10.4. The van der Waals surface area contributed by atoms with Crippen molar-refractivity contribution in [1.82, 2.24) is 4.90 Å². The number of benzene rings is 1. The molecule has 0 fully saturated rings. The van der Waals surface area contributed by atoms with Gasteiger partial charge < -0.3 is 10.0 Å². The summed E-state index contributed by atoms with van der Waals surface area (Å²) < 4.78 is 0. The van der Waals surface area contributed by atoms with E-state index >= 15 is 0 Å². The molecule has 1 amide bonds. The van der Waals surface area contributed by atoms with Gasteiger partial charge in [0.2, 0.25) is 0 Å². The molecule has 0 atom stereocenters. The number of aliphatic hydroxyl groups excluding tert-OH is 1. The number of carbonyl (C=O) groups is 1. The predicted molar refractivity (Wildman–Crippen MR) is 64.9 cm³/mol. The van der Waals surface area contributed by atoms with Crippen LogP contribution < -0.4 is 0 Å². The van der Waals surface area contributed by atoms with E-state index in [1.165, 1.54) is 4.90 Å². The third-order valence-corrected chi connectivity index (χ3v) is 2.70. The molecule has 0 aliphatic rings.